The summed E-state index contributed by atoms with van der Waals surface area (Å²) in [5, 5.41) is 9.84. The van der Waals surface area contributed by atoms with Crippen LogP contribution in [0.2, 0.25) is 5.02 Å². The molecule has 0 atom stereocenters. The molecule has 1 rings (SSSR count). The monoisotopic (exact) mass is 168 g/mol. The number of phenols is 1. The van der Waals surface area contributed by atoms with Gasteiger partial charge in [-0.25, -0.2) is 0 Å². The maximum Gasteiger partial charge on any atom is 0.120 e. The second-order valence-corrected chi connectivity index (χ2v) is 2.70. The summed E-state index contributed by atoms with van der Waals surface area (Å²) in [6.45, 7) is 3.58. The molecule has 0 saturated carbocycles. The first-order chi connectivity index (χ1) is 5.24. The number of aromatic hydroxyl groups is 1. The van der Waals surface area contributed by atoms with Crippen LogP contribution in [-0.2, 0) is 6.42 Å². The molecule has 0 aliphatic heterocycles. The van der Waals surface area contributed by atoms with Crippen LogP contribution in [0.4, 0.5) is 0 Å². The van der Waals surface area contributed by atoms with Crippen LogP contribution >= 0.6 is 11.6 Å². The Kier molecular flexibility index (Phi) is 2.55. The van der Waals surface area contributed by atoms with E-state index in [2.05, 4.69) is 6.58 Å². The summed E-state index contributed by atoms with van der Waals surface area (Å²) >= 11 is 5.63. The van der Waals surface area contributed by atoms with Gasteiger partial charge in [0.2, 0.25) is 0 Å². The van der Waals surface area contributed by atoms with Crippen molar-refractivity contribution < 1.29 is 5.11 Å². The van der Waals surface area contributed by atoms with Gasteiger partial charge in [-0.2, -0.15) is 0 Å². The first-order valence-electron chi connectivity index (χ1n) is 3.32. The summed E-state index contributed by atoms with van der Waals surface area (Å²) in [6, 6.07) is 5.07. The van der Waals surface area contributed by atoms with Crippen LogP contribution in [0.15, 0.2) is 30.9 Å². The van der Waals surface area contributed by atoms with Crippen molar-refractivity contribution in [2.45, 2.75) is 6.42 Å². The number of halogens is 1. The summed E-state index contributed by atoms with van der Waals surface area (Å²) in [4.78, 5) is 0. The van der Waals surface area contributed by atoms with E-state index in [1.165, 1.54) is 6.07 Å². The Labute approximate surface area is 70.9 Å². The summed E-state index contributed by atoms with van der Waals surface area (Å²) < 4.78 is 0. The molecule has 0 radical (unpaired) electrons. The molecule has 0 saturated heterocycles. The molecule has 11 heavy (non-hydrogen) atoms. The highest BCUT2D eigenvalue weighted by Gasteiger charge is 1.98. The number of rotatable bonds is 2. The highest BCUT2D eigenvalue weighted by atomic mass is 35.5. The van der Waals surface area contributed by atoms with Gasteiger partial charge in [0.15, 0.2) is 0 Å². The lowest BCUT2D eigenvalue weighted by molar-refractivity contribution is 0.470. The molecular weight excluding hydrogens is 160 g/mol. The van der Waals surface area contributed by atoms with Gasteiger partial charge in [-0.05, 0) is 24.1 Å². The quantitative estimate of drug-likeness (QED) is 0.674. The van der Waals surface area contributed by atoms with E-state index in [4.69, 9.17) is 11.6 Å². The van der Waals surface area contributed by atoms with Gasteiger partial charge in [0.05, 0.1) is 0 Å². The molecule has 0 unspecified atom stereocenters. The van der Waals surface area contributed by atoms with Gasteiger partial charge in [-0.1, -0.05) is 23.7 Å². The lowest BCUT2D eigenvalue weighted by Crippen LogP contribution is -1.80. The SMILES string of the molecule is C=CCc1ccc(Cl)cc1O. The molecule has 1 N–H and O–H groups in total. The van der Waals surface area contributed by atoms with Gasteiger partial charge in [-0.15, -0.1) is 6.58 Å². The Morgan fingerprint density at radius 1 is 1.55 bits per heavy atom. The molecule has 0 aromatic heterocycles. The maximum absolute atomic E-state index is 9.29. The molecule has 0 aliphatic carbocycles. The maximum atomic E-state index is 9.29. The van der Waals surface area contributed by atoms with E-state index in [1.54, 1.807) is 18.2 Å². The van der Waals surface area contributed by atoms with E-state index in [0.717, 1.165) is 5.56 Å². The van der Waals surface area contributed by atoms with Crippen LogP contribution in [0, 0.1) is 0 Å². The standard InChI is InChI=1S/C9H9ClO/c1-2-3-7-4-5-8(10)6-9(7)11/h2,4-6,11H,1,3H2. The number of phenolic OH excluding ortho intramolecular Hbond substituents is 1. The third-order valence-electron chi connectivity index (χ3n) is 1.41. The van der Waals surface area contributed by atoms with Gasteiger partial charge in [0.25, 0.3) is 0 Å². The molecule has 0 aliphatic rings. The molecule has 1 nitrogen and oxygen atoms in total. The Bertz CT molecular complexity index is 268. The predicted molar refractivity (Wildman–Crippen MR) is 47.0 cm³/mol. The molecule has 0 amide bonds. The van der Waals surface area contributed by atoms with Gasteiger partial charge in [0, 0.05) is 5.02 Å². The van der Waals surface area contributed by atoms with Crippen molar-refractivity contribution in [3.63, 3.8) is 0 Å². The number of hydrogen-bond acceptors (Lipinski definition) is 1. The fourth-order valence-electron chi connectivity index (χ4n) is 0.865. The van der Waals surface area contributed by atoms with Crippen LogP contribution in [0.25, 0.3) is 0 Å². The Balaban J connectivity index is 2.98. The molecule has 0 spiro atoms. The normalized spacial score (nSPS) is 9.55. The summed E-state index contributed by atoms with van der Waals surface area (Å²) in [5.74, 6) is 0.234. The topological polar surface area (TPSA) is 20.2 Å². The van der Waals surface area contributed by atoms with Gasteiger partial charge in [0.1, 0.15) is 5.75 Å². The van der Waals surface area contributed by atoms with Crippen LogP contribution in [-0.4, -0.2) is 5.11 Å². The minimum atomic E-state index is 0.234. The zero-order chi connectivity index (χ0) is 8.27. The lowest BCUT2D eigenvalue weighted by atomic mass is 10.1. The van der Waals surface area contributed by atoms with Crippen LogP contribution in [0.5, 0.6) is 5.75 Å². The van der Waals surface area contributed by atoms with Crippen molar-refractivity contribution in [1.29, 1.82) is 0 Å². The van der Waals surface area contributed by atoms with E-state index in [9.17, 15) is 5.11 Å². The predicted octanol–water partition coefficient (Wildman–Crippen LogP) is 2.77. The Morgan fingerprint density at radius 3 is 2.82 bits per heavy atom. The largest absolute Gasteiger partial charge is 0.508 e. The second-order valence-electron chi connectivity index (χ2n) is 2.27. The summed E-state index contributed by atoms with van der Waals surface area (Å²) in [7, 11) is 0. The first-order valence-corrected chi connectivity index (χ1v) is 3.70. The van der Waals surface area contributed by atoms with Crippen LogP contribution in [0.3, 0.4) is 0 Å². The fraction of sp³-hybridized carbons (Fsp3) is 0.111. The van der Waals surface area contributed by atoms with Gasteiger partial charge >= 0.3 is 0 Å². The first kappa shape index (κ1) is 8.15. The van der Waals surface area contributed by atoms with Crippen molar-refractivity contribution in [3.05, 3.63) is 41.4 Å². The third kappa shape index (κ3) is 1.99. The molecule has 1 aromatic carbocycles. The van der Waals surface area contributed by atoms with Crippen molar-refractivity contribution in [2.75, 3.05) is 0 Å². The lowest BCUT2D eigenvalue weighted by Gasteiger charge is -2.00. The molecule has 58 valence electrons. The molecule has 0 fully saturated rings. The number of hydrogen-bond donors (Lipinski definition) is 1. The van der Waals surface area contributed by atoms with E-state index < -0.39 is 0 Å². The number of benzene rings is 1. The molecular formula is C9H9ClO. The van der Waals surface area contributed by atoms with Gasteiger partial charge in [-0.3, -0.25) is 0 Å². The van der Waals surface area contributed by atoms with Crippen molar-refractivity contribution in [2.24, 2.45) is 0 Å². The van der Waals surface area contributed by atoms with Gasteiger partial charge < -0.3 is 5.11 Å². The zero-order valence-corrected chi connectivity index (χ0v) is 6.80. The minimum absolute atomic E-state index is 0.234. The molecule has 2 heteroatoms. The van der Waals surface area contributed by atoms with Crippen LogP contribution < -0.4 is 0 Å². The highest BCUT2D eigenvalue weighted by molar-refractivity contribution is 6.30. The summed E-state index contributed by atoms with van der Waals surface area (Å²) in [5.41, 5.74) is 0.851. The van der Waals surface area contributed by atoms with Crippen molar-refractivity contribution >= 4 is 11.6 Å². The molecule has 0 heterocycles. The fourth-order valence-corrected chi connectivity index (χ4v) is 1.03. The van der Waals surface area contributed by atoms with E-state index in [0.29, 0.717) is 11.4 Å². The second kappa shape index (κ2) is 3.44. The third-order valence-corrected chi connectivity index (χ3v) is 1.65. The zero-order valence-electron chi connectivity index (χ0n) is 6.05. The number of allylic oxidation sites excluding steroid dienone is 1. The average molecular weight is 169 g/mol. The Morgan fingerprint density at radius 2 is 2.27 bits per heavy atom. The molecule has 1 aromatic rings. The van der Waals surface area contributed by atoms with E-state index in [1.807, 2.05) is 0 Å². The Hall–Kier alpha value is -0.950. The van der Waals surface area contributed by atoms with E-state index >= 15 is 0 Å². The van der Waals surface area contributed by atoms with Crippen LogP contribution in [0.1, 0.15) is 5.56 Å². The molecule has 0 bridgehead atoms. The smallest absolute Gasteiger partial charge is 0.120 e. The highest BCUT2D eigenvalue weighted by Crippen LogP contribution is 2.22. The average Bonchev–Trinajstić information content (AvgIpc) is 1.95. The van der Waals surface area contributed by atoms with Crippen molar-refractivity contribution in [3.8, 4) is 5.75 Å². The summed E-state index contributed by atoms with van der Waals surface area (Å²) in [6.07, 6.45) is 2.41. The van der Waals surface area contributed by atoms with Crippen molar-refractivity contribution in [1.82, 2.24) is 0 Å². The van der Waals surface area contributed by atoms with E-state index in [-0.39, 0.29) is 5.75 Å². The minimum Gasteiger partial charge on any atom is -0.508 e.